The molecule has 0 spiro atoms. The average molecular weight is 299 g/mol. The molecule has 1 heterocycles. The molecule has 20 heavy (non-hydrogen) atoms. The first-order chi connectivity index (χ1) is 9.10. The Kier molecular flexibility index (Phi) is 4.44. The van der Waals surface area contributed by atoms with Crippen LogP contribution >= 0.6 is 0 Å². The van der Waals surface area contributed by atoms with Crippen LogP contribution in [0, 0.1) is 11.3 Å². The molecule has 0 aliphatic heterocycles. The SMILES string of the molecule is N#CCc1ncc(C(F)(F)F)c(CN)c1OC(F)(F)F. The normalized spacial score (nSPS) is 12.1. The first kappa shape index (κ1) is 16.0. The fourth-order valence-electron chi connectivity index (χ4n) is 1.46. The van der Waals surface area contributed by atoms with Crippen molar-refractivity contribution in [2.45, 2.75) is 25.5 Å². The standard InChI is InChI=1S/C10H7F6N3O/c11-9(12,13)6-4-19-7(1-2-17)8(5(6)3-18)20-10(14,15)16/h4H,1,3,18H2. The third-order valence-corrected chi connectivity index (χ3v) is 2.18. The smallest absolute Gasteiger partial charge is 0.403 e. The second-order valence-corrected chi connectivity index (χ2v) is 3.51. The first-order valence-corrected chi connectivity index (χ1v) is 5.01. The Hall–Kier alpha value is -2.02. The summed E-state index contributed by atoms with van der Waals surface area (Å²) in [6, 6.07) is 1.49. The summed E-state index contributed by atoms with van der Waals surface area (Å²) < 4.78 is 78.3. The van der Waals surface area contributed by atoms with Crippen LogP contribution in [0.2, 0.25) is 0 Å². The van der Waals surface area contributed by atoms with Gasteiger partial charge in [0.1, 0.15) is 0 Å². The molecule has 0 saturated heterocycles. The molecule has 1 aromatic heterocycles. The topological polar surface area (TPSA) is 71.9 Å². The Morgan fingerprint density at radius 2 is 1.85 bits per heavy atom. The summed E-state index contributed by atoms with van der Waals surface area (Å²) in [5.74, 6) is -1.17. The van der Waals surface area contributed by atoms with Gasteiger partial charge in [-0.25, -0.2) is 0 Å². The lowest BCUT2D eigenvalue weighted by Gasteiger charge is -2.18. The Morgan fingerprint density at radius 3 is 2.25 bits per heavy atom. The summed E-state index contributed by atoms with van der Waals surface area (Å²) >= 11 is 0. The fraction of sp³-hybridized carbons (Fsp3) is 0.400. The number of nitriles is 1. The molecule has 0 aromatic carbocycles. The van der Waals surface area contributed by atoms with Gasteiger partial charge in [0.15, 0.2) is 5.75 Å². The minimum absolute atomic E-state index is 0.331. The van der Waals surface area contributed by atoms with Gasteiger partial charge >= 0.3 is 12.5 Å². The van der Waals surface area contributed by atoms with Crippen LogP contribution in [0.15, 0.2) is 6.20 Å². The van der Waals surface area contributed by atoms with Crippen LogP contribution < -0.4 is 10.5 Å². The van der Waals surface area contributed by atoms with Gasteiger partial charge in [-0.05, 0) is 0 Å². The molecule has 0 fully saturated rings. The molecule has 0 radical (unpaired) electrons. The van der Waals surface area contributed by atoms with E-state index in [9.17, 15) is 26.3 Å². The van der Waals surface area contributed by atoms with Gasteiger partial charge in [-0.1, -0.05) is 0 Å². The number of halogens is 6. The minimum atomic E-state index is -5.22. The maximum Gasteiger partial charge on any atom is 0.573 e. The Morgan fingerprint density at radius 1 is 1.25 bits per heavy atom. The molecule has 10 heteroatoms. The zero-order chi connectivity index (χ0) is 15.6. The number of ether oxygens (including phenoxy) is 1. The Balaban J connectivity index is 3.51. The summed E-state index contributed by atoms with van der Waals surface area (Å²) in [7, 11) is 0. The Bertz CT molecular complexity index is 532. The number of hydrogen-bond donors (Lipinski definition) is 1. The molecule has 1 aromatic rings. The van der Waals surface area contributed by atoms with Crippen molar-refractivity contribution < 1.29 is 31.1 Å². The zero-order valence-corrected chi connectivity index (χ0v) is 9.64. The maximum absolute atomic E-state index is 12.7. The third-order valence-electron chi connectivity index (χ3n) is 2.18. The van der Waals surface area contributed by atoms with Gasteiger partial charge in [0.05, 0.1) is 23.7 Å². The van der Waals surface area contributed by atoms with Gasteiger partial charge in [0, 0.05) is 18.3 Å². The molecule has 4 nitrogen and oxygen atoms in total. The number of nitrogens with zero attached hydrogens (tertiary/aromatic N) is 2. The van der Waals surface area contributed by atoms with E-state index in [1.54, 1.807) is 0 Å². The molecule has 0 saturated carbocycles. The van der Waals surface area contributed by atoms with Crippen molar-refractivity contribution in [3.8, 4) is 11.8 Å². The van der Waals surface area contributed by atoms with Gasteiger partial charge in [-0.2, -0.15) is 18.4 Å². The van der Waals surface area contributed by atoms with E-state index in [0.717, 1.165) is 0 Å². The van der Waals surface area contributed by atoms with Gasteiger partial charge in [-0.15, -0.1) is 13.2 Å². The molecule has 0 aliphatic rings. The number of alkyl halides is 6. The highest BCUT2D eigenvalue weighted by Gasteiger charge is 2.39. The molecule has 1 rings (SSSR count). The molecule has 2 N–H and O–H groups in total. The van der Waals surface area contributed by atoms with Gasteiger partial charge in [0.2, 0.25) is 0 Å². The van der Waals surface area contributed by atoms with E-state index >= 15 is 0 Å². The summed E-state index contributed by atoms with van der Waals surface area (Å²) in [4.78, 5) is 3.20. The predicted molar refractivity (Wildman–Crippen MR) is 53.1 cm³/mol. The maximum atomic E-state index is 12.7. The van der Waals surface area contributed by atoms with Crippen molar-refractivity contribution in [2.75, 3.05) is 0 Å². The highest BCUT2D eigenvalue weighted by atomic mass is 19.4. The Labute approximate surface area is 108 Å². The largest absolute Gasteiger partial charge is 0.573 e. The van der Waals surface area contributed by atoms with E-state index in [0.29, 0.717) is 6.20 Å². The van der Waals surface area contributed by atoms with E-state index in [2.05, 4.69) is 9.72 Å². The number of pyridine rings is 1. The quantitative estimate of drug-likeness (QED) is 0.870. The minimum Gasteiger partial charge on any atom is -0.403 e. The molecule has 0 unspecified atom stereocenters. The molecule has 0 amide bonds. The van der Waals surface area contributed by atoms with E-state index in [1.807, 2.05) is 0 Å². The highest BCUT2D eigenvalue weighted by Crippen LogP contribution is 2.38. The van der Waals surface area contributed by atoms with E-state index in [1.165, 1.54) is 6.07 Å². The van der Waals surface area contributed by atoms with Crippen molar-refractivity contribution >= 4 is 0 Å². The van der Waals surface area contributed by atoms with Crippen molar-refractivity contribution in [3.05, 3.63) is 23.0 Å². The van der Waals surface area contributed by atoms with Crippen molar-refractivity contribution in [1.82, 2.24) is 4.98 Å². The molecule has 0 aliphatic carbocycles. The first-order valence-electron chi connectivity index (χ1n) is 5.01. The van der Waals surface area contributed by atoms with Crippen molar-refractivity contribution in [3.63, 3.8) is 0 Å². The van der Waals surface area contributed by atoms with Gasteiger partial charge in [0.25, 0.3) is 0 Å². The number of nitrogens with two attached hydrogens (primary N) is 1. The second-order valence-electron chi connectivity index (χ2n) is 3.51. The number of hydrogen-bond acceptors (Lipinski definition) is 4. The summed E-state index contributed by atoms with van der Waals surface area (Å²) in [6.07, 6.45) is -10.5. The van der Waals surface area contributed by atoms with Crippen LogP contribution in [0.1, 0.15) is 16.8 Å². The molecular formula is C10H7F6N3O. The van der Waals surface area contributed by atoms with Crippen LogP contribution in [0.25, 0.3) is 0 Å². The fourth-order valence-corrected chi connectivity index (χ4v) is 1.46. The van der Waals surface area contributed by atoms with E-state index in [4.69, 9.17) is 11.0 Å². The van der Waals surface area contributed by atoms with Crippen LogP contribution in [0.5, 0.6) is 5.75 Å². The second kappa shape index (κ2) is 5.54. The third kappa shape index (κ3) is 3.74. The van der Waals surface area contributed by atoms with E-state index < -0.39 is 48.1 Å². The zero-order valence-electron chi connectivity index (χ0n) is 9.64. The van der Waals surface area contributed by atoms with E-state index in [-0.39, 0.29) is 0 Å². The monoisotopic (exact) mass is 299 g/mol. The average Bonchev–Trinajstić information content (AvgIpc) is 2.27. The summed E-state index contributed by atoms with van der Waals surface area (Å²) in [6.45, 7) is -0.846. The lowest BCUT2D eigenvalue weighted by Crippen LogP contribution is -2.23. The van der Waals surface area contributed by atoms with Crippen molar-refractivity contribution in [2.24, 2.45) is 5.73 Å². The summed E-state index contributed by atoms with van der Waals surface area (Å²) in [5.41, 5.74) is 2.19. The lowest BCUT2D eigenvalue weighted by atomic mass is 10.1. The van der Waals surface area contributed by atoms with Crippen LogP contribution in [0.3, 0.4) is 0 Å². The molecule has 0 atom stereocenters. The lowest BCUT2D eigenvalue weighted by molar-refractivity contribution is -0.275. The molecule has 110 valence electrons. The van der Waals surface area contributed by atoms with Gasteiger partial charge < -0.3 is 10.5 Å². The molecular weight excluding hydrogens is 292 g/mol. The van der Waals surface area contributed by atoms with Gasteiger partial charge in [-0.3, -0.25) is 4.98 Å². The van der Waals surface area contributed by atoms with Crippen molar-refractivity contribution in [1.29, 1.82) is 5.26 Å². The molecule has 0 bridgehead atoms. The number of rotatable bonds is 3. The van der Waals surface area contributed by atoms with Crippen LogP contribution in [-0.4, -0.2) is 11.3 Å². The van der Waals surface area contributed by atoms with Crippen LogP contribution in [-0.2, 0) is 19.1 Å². The highest BCUT2D eigenvalue weighted by molar-refractivity contribution is 5.44. The van der Waals surface area contributed by atoms with Crippen LogP contribution in [0.4, 0.5) is 26.3 Å². The predicted octanol–water partition coefficient (Wildman–Crippen LogP) is 2.52. The summed E-state index contributed by atoms with van der Waals surface area (Å²) in [5, 5.41) is 8.45. The number of aromatic nitrogens is 1.